The summed E-state index contributed by atoms with van der Waals surface area (Å²) in [6.45, 7) is 1.49. The van der Waals surface area contributed by atoms with Crippen molar-refractivity contribution in [2.75, 3.05) is 12.3 Å². The molecule has 1 aliphatic heterocycles. The van der Waals surface area contributed by atoms with Gasteiger partial charge in [-0.3, -0.25) is 4.57 Å². The Morgan fingerprint density at radius 3 is 2.69 bits per heavy atom. The minimum atomic E-state index is -4.17. The van der Waals surface area contributed by atoms with Crippen LogP contribution >= 0.6 is 0 Å². The Labute approximate surface area is 165 Å². The third kappa shape index (κ3) is 3.62. The highest BCUT2D eigenvalue weighted by atomic mass is 32.2. The average Bonchev–Trinajstić information content (AvgIpc) is 3.25. The number of imidazole rings is 1. The molecule has 3 atom stereocenters. The van der Waals surface area contributed by atoms with E-state index >= 15 is 0 Å². The first-order chi connectivity index (χ1) is 13.8. The first-order valence-corrected chi connectivity index (χ1v) is 10.1. The summed E-state index contributed by atoms with van der Waals surface area (Å²) >= 11 is 0. The fraction of sp³-hybridized carbons (Fsp3) is 0.353. The maximum Gasteiger partial charge on any atom is 0.341 e. The number of nitrogens with zero attached hydrogens (tertiary/aromatic N) is 4. The molecule has 4 rings (SSSR count). The van der Waals surface area contributed by atoms with Crippen LogP contribution in [-0.2, 0) is 14.9 Å². The van der Waals surface area contributed by atoms with Gasteiger partial charge >= 0.3 is 16.1 Å². The van der Waals surface area contributed by atoms with Gasteiger partial charge in [0.25, 0.3) is 0 Å². The number of nitrogens with two attached hydrogens (primary N) is 1. The van der Waals surface area contributed by atoms with Gasteiger partial charge in [-0.2, -0.15) is 18.4 Å². The van der Waals surface area contributed by atoms with Crippen molar-refractivity contribution in [3.8, 4) is 6.01 Å². The van der Waals surface area contributed by atoms with Crippen LogP contribution in [0, 0.1) is 6.92 Å². The number of aliphatic hydroxyl groups is 2. The minimum Gasteiger partial charge on any atom is -0.394 e. The Morgan fingerprint density at radius 2 is 2.03 bits per heavy atom. The van der Waals surface area contributed by atoms with Gasteiger partial charge < -0.3 is 24.9 Å². The largest absolute Gasteiger partial charge is 0.394 e. The van der Waals surface area contributed by atoms with E-state index in [1.807, 2.05) is 6.92 Å². The molecule has 29 heavy (non-hydrogen) atoms. The second-order valence-corrected chi connectivity index (χ2v) is 8.23. The van der Waals surface area contributed by atoms with Crippen LogP contribution in [0.5, 0.6) is 6.01 Å². The van der Waals surface area contributed by atoms with Crippen molar-refractivity contribution >= 4 is 27.1 Å². The Kier molecular flexibility index (Phi) is 4.86. The molecule has 0 bridgehead atoms. The third-order valence-corrected chi connectivity index (χ3v) is 5.83. The Hall–Kier alpha value is -2.80. The molecule has 4 N–H and O–H groups in total. The average molecular weight is 421 g/mol. The fourth-order valence-electron chi connectivity index (χ4n) is 3.07. The molecule has 3 heterocycles. The van der Waals surface area contributed by atoms with E-state index in [2.05, 4.69) is 15.0 Å². The Balaban J connectivity index is 1.69. The molecular weight excluding hydrogens is 402 g/mol. The van der Waals surface area contributed by atoms with Crippen molar-refractivity contribution in [1.29, 1.82) is 0 Å². The van der Waals surface area contributed by atoms with Gasteiger partial charge in [0, 0.05) is 6.42 Å². The summed E-state index contributed by atoms with van der Waals surface area (Å²) in [5.74, 6) is -0.0693. The summed E-state index contributed by atoms with van der Waals surface area (Å²) in [4.78, 5) is 12.1. The van der Waals surface area contributed by atoms with E-state index in [0.29, 0.717) is 0 Å². The van der Waals surface area contributed by atoms with E-state index in [9.17, 15) is 18.6 Å². The lowest BCUT2D eigenvalue weighted by Crippen LogP contribution is -2.24. The number of ether oxygens (including phenoxy) is 1. The predicted octanol–water partition coefficient (Wildman–Crippen LogP) is 0.125. The molecule has 0 unspecified atom stereocenters. The number of hydrogen-bond donors (Lipinski definition) is 3. The van der Waals surface area contributed by atoms with Crippen LogP contribution < -0.4 is 9.92 Å². The first-order valence-electron chi connectivity index (χ1n) is 8.74. The van der Waals surface area contributed by atoms with E-state index in [1.165, 1.54) is 23.0 Å². The van der Waals surface area contributed by atoms with Crippen LogP contribution in [0.2, 0.25) is 0 Å². The van der Waals surface area contributed by atoms with Gasteiger partial charge in [0.15, 0.2) is 17.0 Å². The van der Waals surface area contributed by atoms with Crippen molar-refractivity contribution in [3.05, 3.63) is 36.2 Å². The second-order valence-electron chi connectivity index (χ2n) is 6.68. The maximum atomic E-state index is 12.5. The Morgan fingerprint density at radius 1 is 1.31 bits per heavy atom. The number of fused-ring (bicyclic) bond motifs is 1. The SMILES string of the molecule is Cc1ccc(S(=O)(=O)Oc2nc(N)c3ncn([C@H]4C[C@H](O)[C@@H](CO)O4)c3n2)cc1. The van der Waals surface area contributed by atoms with Gasteiger partial charge in [0.1, 0.15) is 17.2 Å². The fourth-order valence-corrected chi connectivity index (χ4v) is 3.90. The first kappa shape index (κ1) is 19.5. The number of aromatic nitrogens is 4. The molecule has 0 aliphatic carbocycles. The van der Waals surface area contributed by atoms with E-state index in [0.717, 1.165) is 5.56 Å². The molecule has 0 radical (unpaired) electrons. The van der Waals surface area contributed by atoms with Crippen molar-refractivity contribution in [1.82, 2.24) is 19.5 Å². The van der Waals surface area contributed by atoms with Crippen LogP contribution in [0.25, 0.3) is 11.2 Å². The standard InChI is InChI=1S/C17H19N5O6S/c1-9-2-4-10(5-3-9)29(25,26)28-17-20-15(18)14-16(21-17)22(8-19-14)13-6-11(24)12(7-23)27-13/h2-5,8,11-13,23-24H,6-7H2,1H3,(H2,18,20,21)/t11-,12+,13+/m0/s1. The second kappa shape index (κ2) is 7.22. The zero-order valence-corrected chi connectivity index (χ0v) is 16.2. The maximum absolute atomic E-state index is 12.5. The molecule has 12 heteroatoms. The summed E-state index contributed by atoms with van der Waals surface area (Å²) < 4.78 is 37.2. The molecule has 1 aromatic carbocycles. The van der Waals surface area contributed by atoms with E-state index in [4.69, 9.17) is 14.7 Å². The molecule has 0 amide bonds. The molecule has 0 saturated carbocycles. The highest BCUT2D eigenvalue weighted by molar-refractivity contribution is 7.87. The van der Waals surface area contributed by atoms with Gasteiger partial charge in [0.05, 0.1) is 19.0 Å². The van der Waals surface area contributed by atoms with Crippen molar-refractivity contribution < 1.29 is 27.6 Å². The normalized spacial score (nSPS) is 22.2. The van der Waals surface area contributed by atoms with Gasteiger partial charge in [-0.1, -0.05) is 17.7 Å². The van der Waals surface area contributed by atoms with Crippen molar-refractivity contribution in [2.24, 2.45) is 0 Å². The molecule has 3 aromatic rings. The highest BCUT2D eigenvalue weighted by Crippen LogP contribution is 2.32. The molecular formula is C17H19N5O6S. The van der Waals surface area contributed by atoms with Gasteiger partial charge in [0.2, 0.25) is 0 Å². The number of aryl methyl sites for hydroxylation is 1. The molecule has 11 nitrogen and oxygen atoms in total. The topological polar surface area (TPSA) is 163 Å². The minimum absolute atomic E-state index is 0.0492. The van der Waals surface area contributed by atoms with E-state index in [1.54, 1.807) is 12.1 Å². The molecule has 1 saturated heterocycles. The molecule has 1 aliphatic rings. The number of aliphatic hydroxyl groups excluding tert-OH is 2. The number of nitrogen functional groups attached to an aromatic ring is 1. The summed E-state index contributed by atoms with van der Waals surface area (Å²) in [6, 6.07) is 5.65. The Bertz CT molecular complexity index is 1150. The van der Waals surface area contributed by atoms with Crippen molar-refractivity contribution in [3.63, 3.8) is 0 Å². The van der Waals surface area contributed by atoms with Gasteiger partial charge in [-0.25, -0.2) is 4.98 Å². The highest BCUT2D eigenvalue weighted by Gasteiger charge is 2.35. The predicted molar refractivity (Wildman–Crippen MR) is 100 cm³/mol. The molecule has 1 fully saturated rings. The lowest BCUT2D eigenvalue weighted by Gasteiger charge is -2.14. The summed E-state index contributed by atoms with van der Waals surface area (Å²) in [7, 11) is -4.17. The van der Waals surface area contributed by atoms with E-state index in [-0.39, 0.29) is 34.9 Å². The van der Waals surface area contributed by atoms with Crippen LogP contribution in [-0.4, -0.2) is 57.0 Å². The van der Waals surface area contributed by atoms with Crippen LogP contribution in [0.1, 0.15) is 18.2 Å². The molecule has 2 aromatic heterocycles. The number of anilines is 1. The number of hydrogen-bond acceptors (Lipinski definition) is 10. The van der Waals surface area contributed by atoms with Gasteiger partial charge in [-0.15, -0.1) is 0 Å². The summed E-state index contributed by atoms with van der Waals surface area (Å²) in [5.41, 5.74) is 7.21. The number of rotatable bonds is 5. The smallest absolute Gasteiger partial charge is 0.341 e. The van der Waals surface area contributed by atoms with Gasteiger partial charge in [-0.05, 0) is 19.1 Å². The van der Waals surface area contributed by atoms with Crippen LogP contribution in [0.15, 0.2) is 35.5 Å². The molecule has 154 valence electrons. The van der Waals surface area contributed by atoms with E-state index < -0.39 is 34.6 Å². The zero-order valence-electron chi connectivity index (χ0n) is 15.3. The van der Waals surface area contributed by atoms with Crippen molar-refractivity contribution in [2.45, 2.75) is 36.7 Å². The molecule has 0 spiro atoms. The zero-order chi connectivity index (χ0) is 20.8. The lowest BCUT2D eigenvalue weighted by atomic mass is 10.2. The summed E-state index contributed by atoms with van der Waals surface area (Å²) in [6.07, 6.45) is -0.680. The van der Waals surface area contributed by atoms with Crippen LogP contribution in [0.4, 0.5) is 5.82 Å². The monoisotopic (exact) mass is 421 g/mol. The quantitative estimate of drug-likeness (QED) is 0.482. The van der Waals surface area contributed by atoms with Crippen LogP contribution in [0.3, 0.4) is 0 Å². The lowest BCUT2D eigenvalue weighted by molar-refractivity contribution is -0.0432. The third-order valence-electron chi connectivity index (χ3n) is 4.62. The number of benzene rings is 1. The summed E-state index contributed by atoms with van der Waals surface area (Å²) in [5, 5.41) is 19.2.